The van der Waals surface area contributed by atoms with Gasteiger partial charge in [-0.1, -0.05) is 44.2 Å². The minimum absolute atomic E-state index is 0.0225. The van der Waals surface area contributed by atoms with E-state index in [1.165, 1.54) is 29.0 Å². The fourth-order valence-electron chi connectivity index (χ4n) is 3.62. The Morgan fingerprint density at radius 2 is 1.87 bits per heavy atom. The monoisotopic (exact) mass is 441 g/mol. The minimum Gasteiger partial charge on any atom is -0.379 e. The summed E-state index contributed by atoms with van der Waals surface area (Å²) in [6.45, 7) is 10.8. The summed E-state index contributed by atoms with van der Waals surface area (Å²) in [5, 5.41) is 0.596. The number of carbonyl (C=O) groups excluding carboxylic acids is 1. The first-order valence-electron chi connectivity index (χ1n) is 10.6. The van der Waals surface area contributed by atoms with Crippen LogP contribution in [0.2, 0.25) is 0 Å². The van der Waals surface area contributed by atoms with Gasteiger partial charge in [0.05, 0.1) is 23.4 Å². The topological polar surface area (TPSA) is 45.7 Å². The summed E-state index contributed by atoms with van der Waals surface area (Å²) in [6.07, 6.45) is 0. The van der Waals surface area contributed by atoms with Crippen molar-refractivity contribution in [3.8, 4) is 0 Å². The van der Waals surface area contributed by atoms with Crippen molar-refractivity contribution in [2.24, 2.45) is 0 Å². The number of rotatable bonds is 5. The molecule has 7 heteroatoms. The molecule has 3 aromatic rings. The maximum absolute atomic E-state index is 13.7. The lowest BCUT2D eigenvalue weighted by molar-refractivity contribution is 0.0391. The Balaban J connectivity index is 1.62. The number of thiazole rings is 1. The molecule has 1 aromatic heterocycles. The van der Waals surface area contributed by atoms with Crippen molar-refractivity contribution in [1.29, 1.82) is 0 Å². The Morgan fingerprint density at radius 1 is 1.16 bits per heavy atom. The molecule has 5 nitrogen and oxygen atoms in total. The minimum atomic E-state index is -0.299. The molecule has 1 aliphatic rings. The zero-order chi connectivity index (χ0) is 22.0. The van der Waals surface area contributed by atoms with Gasteiger partial charge in [0.15, 0.2) is 5.13 Å². The lowest BCUT2D eigenvalue weighted by Gasteiger charge is -2.29. The second-order valence-corrected chi connectivity index (χ2v) is 9.86. The molecule has 164 valence electrons. The van der Waals surface area contributed by atoms with E-state index in [9.17, 15) is 9.18 Å². The van der Waals surface area contributed by atoms with Crippen LogP contribution in [0.25, 0.3) is 10.2 Å². The molecule has 31 heavy (non-hydrogen) atoms. The molecule has 4 rings (SSSR count). The highest BCUT2D eigenvalue weighted by Gasteiger charge is 2.23. The molecule has 1 fully saturated rings. The smallest absolute Gasteiger partial charge is 0.260 e. The average Bonchev–Trinajstić information content (AvgIpc) is 3.16. The second kappa shape index (κ2) is 9.02. The predicted octanol–water partition coefficient (Wildman–Crippen LogP) is 4.71. The quantitative estimate of drug-likeness (QED) is 0.575. The van der Waals surface area contributed by atoms with Crippen molar-refractivity contribution in [2.45, 2.75) is 26.2 Å². The SMILES string of the molecule is CC(C)(C)c1ccc(C(=O)N(CCN2CCOCC2)c2nc3ccc(F)cc3s2)cc1. The Kier molecular flexibility index (Phi) is 6.36. The van der Waals surface area contributed by atoms with Gasteiger partial charge in [-0.25, -0.2) is 9.37 Å². The van der Waals surface area contributed by atoms with E-state index in [4.69, 9.17) is 4.74 Å². The average molecular weight is 442 g/mol. The lowest BCUT2D eigenvalue weighted by atomic mass is 9.86. The first-order valence-corrected chi connectivity index (χ1v) is 11.4. The maximum atomic E-state index is 13.7. The summed E-state index contributed by atoms with van der Waals surface area (Å²) in [5.74, 6) is -0.389. The van der Waals surface area contributed by atoms with E-state index in [0.717, 1.165) is 24.3 Å². The number of ether oxygens (including phenoxy) is 1. The van der Waals surface area contributed by atoms with Crippen LogP contribution >= 0.6 is 11.3 Å². The van der Waals surface area contributed by atoms with Crippen LogP contribution < -0.4 is 4.90 Å². The van der Waals surface area contributed by atoms with E-state index in [1.807, 2.05) is 24.3 Å². The van der Waals surface area contributed by atoms with Crippen molar-refractivity contribution < 1.29 is 13.9 Å². The standard InChI is InChI=1S/C24H28FN3O2S/c1-24(2,3)18-6-4-17(5-7-18)22(29)28(11-10-27-12-14-30-15-13-27)23-26-20-9-8-19(25)16-21(20)31-23/h4-9,16H,10-15H2,1-3H3. The summed E-state index contributed by atoms with van der Waals surface area (Å²) in [5.41, 5.74) is 2.53. The van der Waals surface area contributed by atoms with Gasteiger partial charge in [-0.2, -0.15) is 0 Å². The number of hydrogen-bond donors (Lipinski definition) is 0. The number of carbonyl (C=O) groups is 1. The third-order valence-electron chi connectivity index (χ3n) is 5.56. The molecule has 1 aliphatic heterocycles. The highest BCUT2D eigenvalue weighted by molar-refractivity contribution is 7.22. The fourth-order valence-corrected chi connectivity index (χ4v) is 4.64. The molecule has 0 atom stereocenters. The van der Waals surface area contributed by atoms with Crippen LogP contribution in [0.4, 0.5) is 9.52 Å². The lowest BCUT2D eigenvalue weighted by Crippen LogP contribution is -2.43. The molecule has 0 saturated carbocycles. The molecule has 0 radical (unpaired) electrons. The van der Waals surface area contributed by atoms with Crippen LogP contribution in [-0.2, 0) is 10.2 Å². The van der Waals surface area contributed by atoms with Gasteiger partial charge < -0.3 is 4.74 Å². The Bertz CT molecular complexity index is 1050. The number of aromatic nitrogens is 1. The molecule has 0 spiro atoms. The molecule has 0 aliphatic carbocycles. The number of morpholine rings is 1. The zero-order valence-corrected chi connectivity index (χ0v) is 19.0. The van der Waals surface area contributed by atoms with E-state index >= 15 is 0 Å². The van der Waals surface area contributed by atoms with Crippen LogP contribution in [0.5, 0.6) is 0 Å². The number of nitrogens with zero attached hydrogens (tertiary/aromatic N) is 3. The third kappa shape index (κ3) is 5.11. The van der Waals surface area contributed by atoms with E-state index in [1.54, 1.807) is 11.0 Å². The van der Waals surface area contributed by atoms with Crippen molar-refractivity contribution in [1.82, 2.24) is 9.88 Å². The van der Waals surface area contributed by atoms with Crippen LogP contribution in [-0.4, -0.2) is 55.2 Å². The third-order valence-corrected chi connectivity index (χ3v) is 6.60. The van der Waals surface area contributed by atoms with Gasteiger partial charge in [0, 0.05) is 31.7 Å². The zero-order valence-electron chi connectivity index (χ0n) is 18.2. The van der Waals surface area contributed by atoms with Gasteiger partial charge in [0.1, 0.15) is 5.82 Å². The normalized spacial score (nSPS) is 15.4. The largest absolute Gasteiger partial charge is 0.379 e. The van der Waals surface area contributed by atoms with Crippen LogP contribution in [0.1, 0.15) is 36.7 Å². The van der Waals surface area contributed by atoms with Crippen molar-refractivity contribution >= 4 is 32.6 Å². The number of benzene rings is 2. The van der Waals surface area contributed by atoms with Gasteiger partial charge in [0.25, 0.3) is 5.91 Å². The van der Waals surface area contributed by atoms with Gasteiger partial charge in [-0.15, -0.1) is 0 Å². The second-order valence-electron chi connectivity index (χ2n) is 8.85. The molecule has 0 bridgehead atoms. The van der Waals surface area contributed by atoms with Crippen LogP contribution in [0.15, 0.2) is 42.5 Å². The highest BCUT2D eigenvalue weighted by Crippen LogP contribution is 2.31. The molecular formula is C24H28FN3O2S. The van der Waals surface area contributed by atoms with E-state index in [-0.39, 0.29) is 17.1 Å². The molecule has 0 N–H and O–H groups in total. The summed E-state index contributed by atoms with van der Waals surface area (Å²) in [4.78, 5) is 22.2. The Labute approximate surface area is 186 Å². The van der Waals surface area contributed by atoms with E-state index in [2.05, 4.69) is 30.7 Å². The fraction of sp³-hybridized carbons (Fsp3) is 0.417. The molecule has 1 saturated heterocycles. The first kappa shape index (κ1) is 21.9. The van der Waals surface area contributed by atoms with Crippen molar-refractivity contribution in [3.05, 3.63) is 59.4 Å². The first-order chi connectivity index (χ1) is 14.8. The maximum Gasteiger partial charge on any atom is 0.260 e. The number of fused-ring (bicyclic) bond motifs is 1. The van der Waals surface area contributed by atoms with Crippen molar-refractivity contribution in [3.63, 3.8) is 0 Å². The van der Waals surface area contributed by atoms with Gasteiger partial charge in [0.2, 0.25) is 0 Å². The summed E-state index contributed by atoms with van der Waals surface area (Å²) in [7, 11) is 0. The number of amides is 1. The van der Waals surface area contributed by atoms with Gasteiger partial charge in [-0.3, -0.25) is 14.6 Å². The van der Waals surface area contributed by atoms with Gasteiger partial charge >= 0.3 is 0 Å². The summed E-state index contributed by atoms with van der Waals surface area (Å²) < 4.78 is 19.8. The molecule has 2 aromatic carbocycles. The van der Waals surface area contributed by atoms with E-state index < -0.39 is 0 Å². The number of hydrogen-bond acceptors (Lipinski definition) is 5. The molecule has 0 unspecified atom stereocenters. The number of anilines is 1. The van der Waals surface area contributed by atoms with Gasteiger partial charge in [-0.05, 0) is 41.3 Å². The summed E-state index contributed by atoms with van der Waals surface area (Å²) >= 11 is 1.35. The highest BCUT2D eigenvalue weighted by atomic mass is 32.1. The van der Waals surface area contributed by atoms with E-state index in [0.29, 0.717) is 36.0 Å². The summed E-state index contributed by atoms with van der Waals surface area (Å²) in [6, 6.07) is 12.3. The molecule has 1 amide bonds. The van der Waals surface area contributed by atoms with Crippen LogP contribution in [0, 0.1) is 5.82 Å². The molecule has 2 heterocycles. The Hall–Kier alpha value is -2.35. The molecular weight excluding hydrogens is 413 g/mol. The van der Waals surface area contributed by atoms with Crippen LogP contribution in [0.3, 0.4) is 0 Å². The number of halogens is 1. The van der Waals surface area contributed by atoms with Crippen molar-refractivity contribution in [2.75, 3.05) is 44.3 Å². The predicted molar refractivity (Wildman–Crippen MR) is 124 cm³/mol. The Morgan fingerprint density at radius 3 is 2.55 bits per heavy atom.